The fourth-order valence-electron chi connectivity index (χ4n) is 1.51. The summed E-state index contributed by atoms with van der Waals surface area (Å²) >= 11 is 180. The van der Waals surface area contributed by atoms with Crippen LogP contribution < -0.4 is 0 Å². The third-order valence-corrected chi connectivity index (χ3v) is 8270. The van der Waals surface area contributed by atoms with Crippen molar-refractivity contribution in [1.29, 1.82) is 0 Å². The van der Waals surface area contributed by atoms with Crippen LogP contribution in [-0.4, -0.2) is 0 Å². The van der Waals surface area contributed by atoms with Crippen LogP contribution in [0, 0.1) is 0 Å². The zero-order valence-electron chi connectivity index (χ0n) is 39.3. The molecule has 0 saturated carbocycles. The van der Waals surface area contributed by atoms with Gasteiger partial charge in [-0.1, -0.05) is 0 Å². The number of halogens is 104. The zero-order valence-corrected chi connectivity index (χ0v) is 264. The van der Waals surface area contributed by atoms with Gasteiger partial charge in [0.1, 0.15) is 0 Å². The van der Waals surface area contributed by atoms with Crippen LogP contribution in [0.15, 0.2) is 0 Å². The van der Waals surface area contributed by atoms with Gasteiger partial charge in [0.25, 0.3) is 0 Å². The van der Waals surface area contributed by atoms with Crippen molar-refractivity contribution < 1.29 is 0 Å². The molecule has 0 heterocycles. The van der Waals surface area contributed by atoms with Crippen molar-refractivity contribution in [2.45, 2.75) is 0 Å². The molecule has 0 atom stereocenters. The Morgan fingerprint density at radius 1 is 0.0481 bits per heavy atom. The molecule has 0 aliphatic heterocycles. The molecule has 0 aromatic carbocycles. The Balaban J connectivity index is 5.91. The second-order valence-corrected chi connectivity index (χ2v) is 2490. The first kappa shape index (κ1) is 180. The molecule has 0 aromatic rings. The van der Waals surface area contributed by atoms with E-state index in [4.69, 9.17) is 0 Å². The summed E-state index contributed by atoms with van der Waals surface area (Å²) in [6.07, 6.45) is 0. The summed E-state index contributed by atoms with van der Waals surface area (Å²) in [7, 11) is -31.5. The van der Waals surface area contributed by atoms with E-state index in [1.54, 1.807) is 0 Å². The summed E-state index contributed by atoms with van der Waals surface area (Å²) in [6.45, 7) is 0. The monoisotopic (exact) mass is 13200 g/mol. The van der Waals surface area contributed by atoms with E-state index in [0.29, 0.717) is 0 Å². The molecule has 0 bridgehead atoms. The molecule has 0 amide bonds. The molecule has 0 nitrogen and oxygen atoms in total. The molecule has 0 rings (SSSR count). The molecule has 0 aliphatic carbocycles. The van der Waals surface area contributed by atoms with Gasteiger partial charge in [0.05, 0.1) is 0 Å². The number of hydrogen-bond donors (Lipinski definition) is 0. The van der Waals surface area contributed by atoms with Gasteiger partial charge >= 0.3 is 1390 Å². The van der Waals surface area contributed by atoms with Crippen LogP contribution in [0.25, 0.3) is 0 Å². The van der Waals surface area contributed by atoms with Crippen LogP contribution in [0.1, 0.15) is 0 Å². The van der Waals surface area contributed by atoms with Gasteiger partial charge in [-0.15, -0.1) is 0 Å². The standard InChI is InChI=1S/I104/c1-54(2)56(5)58(7)60(9)62(11)64(13)66(15)68(17)70(19)72(21)74(23)76(25)78(27)80(29)82(31)84(33)86(35)88(37)90(39)92(41)94(43)96(45)98(47)100(49)102(51)104(53)103(52)101(50)99(48)97(46)95(44)93(42)91(40)89(38)87(36)85(34)83(32)81(30)79(28)77(26)75(24)73(22)71(20)69(18)67(16)65(14)63(12)61(10)59(8)57(6)55(3)4. The molecule has 104 heteroatoms. The summed E-state index contributed by atoms with van der Waals surface area (Å²) in [5, 5.41) is 0. The second-order valence-electron chi connectivity index (χ2n) is 8.26. The van der Waals surface area contributed by atoms with E-state index in [1.165, 1.54) is 0 Å². The Bertz CT molecular complexity index is 2060. The van der Waals surface area contributed by atoms with Crippen molar-refractivity contribution in [3.05, 3.63) is 0 Å². The van der Waals surface area contributed by atoms with E-state index in [-0.39, 0.29) is 0 Å². The third kappa shape index (κ3) is 73.1. The molecular weight excluding hydrogens is 13200 g/mol. The molecule has 0 N–H and O–H groups in total. The van der Waals surface area contributed by atoms with E-state index >= 15 is 0 Å². The minimum absolute atomic E-state index is 0.492. The summed E-state index contributed by atoms with van der Waals surface area (Å²) in [5.74, 6) is 0. The first-order valence-electron chi connectivity index (χ1n) is 14.7. The quantitative estimate of drug-likeness (QED) is 0.0533. The molecule has 0 radical (unpaired) electrons. The summed E-state index contributed by atoms with van der Waals surface area (Å²) < 4.78 is 0. The van der Waals surface area contributed by atoms with Crippen LogP contribution in [0.5, 0.6) is 0 Å². The SMILES string of the molecule is II(I)I(I)I(I)I(I)I(I)I(I)I(I)I(I)I(I)I(I)I(I)I(I)I(I)I(I)I(I)I(I)I(I)I(I)I(I)I(I)I(I)I(I)I(I)I(I)I(I)I(I)I(I)I(I)I(I)I(I)I(I)I(I)I(I)I(I)I(I)I(I)I(I)I(I)I(I)I(I)I(I)I(I)I(I)I(I)I(I)I(I)I(I)I(I)I(I)I(I)I(I)I. The van der Waals surface area contributed by atoms with Gasteiger partial charge in [-0.05, 0) is 0 Å². The summed E-state index contributed by atoms with van der Waals surface area (Å²) in [5.41, 5.74) is 0. The van der Waals surface area contributed by atoms with E-state index in [9.17, 15) is 0 Å². The van der Waals surface area contributed by atoms with Crippen molar-refractivity contribution in [2.75, 3.05) is 0 Å². The van der Waals surface area contributed by atoms with Crippen LogP contribution in [0.2, 0.25) is 0 Å². The number of hydrogen-bond acceptors (Lipinski definition) is 0. The molecule has 0 aromatic heterocycles. The molecule has 0 spiro atoms. The van der Waals surface area contributed by atoms with Crippen LogP contribution in [0.4, 0.5) is 0 Å². The third-order valence-electron chi connectivity index (χ3n) is 4.08. The Kier molecular flexibility index (Phi) is 187. The fourth-order valence-corrected chi connectivity index (χ4v) is 20500. The molecule has 728 valence electrons. The Morgan fingerprint density at radius 2 is 0.0769 bits per heavy atom. The zero-order chi connectivity index (χ0) is 82.4. The van der Waals surface area contributed by atoms with Crippen molar-refractivity contribution >= 4 is 1390 Å². The predicted octanol–water partition coefficient (Wildman–Crippen LogP) is 92.1. The van der Waals surface area contributed by atoms with Gasteiger partial charge < -0.3 is 0 Å². The molecule has 104 heavy (non-hydrogen) atoms. The van der Waals surface area contributed by atoms with Gasteiger partial charge in [0.15, 0.2) is 0 Å². The van der Waals surface area contributed by atoms with E-state index < -0.39 is 403 Å². The van der Waals surface area contributed by atoms with Crippen LogP contribution in [-0.2, 0) is 0 Å². The maximum atomic E-state index is 3.49. The number of rotatable bonds is 50. The first-order valence-corrected chi connectivity index (χ1v) is 662. The van der Waals surface area contributed by atoms with Crippen molar-refractivity contribution in [3.63, 3.8) is 0 Å². The minimum atomic E-state index is -0.664. The van der Waals surface area contributed by atoms with Crippen LogP contribution >= 0.6 is 1390 Å². The van der Waals surface area contributed by atoms with E-state index in [0.717, 1.165) is 0 Å². The Hall–Kier alpha value is 75.9. The van der Waals surface area contributed by atoms with Gasteiger partial charge in [0, 0.05) is 0 Å². The van der Waals surface area contributed by atoms with Gasteiger partial charge in [0.2, 0.25) is 0 Å². The second kappa shape index (κ2) is 108. The normalized spacial score (nSPS) is 19.2. The fraction of sp³-hybridized carbons (Fsp3) is 0. The summed E-state index contributed by atoms with van der Waals surface area (Å²) in [4.78, 5) is 0. The first-order chi connectivity index (χ1) is 47.3. The van der Waals surface area contributed by atoms with Crippen molar-refractivity contribution in [2.24, 2.45) is 0 Å². The van der Waals surface area contributed by atoms with Crippen LogP contribution in [0.3, 0.4) is 0 Å². The average molecular weight is 13200 g/mol. The van der Waals surface area contributed by atoms with Gasteiger partial charge in [-0.25, -0.2) is 0 Å². The van der Waals surface area contributed by atoms with Gasteiger partial charge in [-0.2, -0.15) is 0 Å². The Labute approximate surface area is 1300 Å². The van der Waals surface area contributed by atoms with Crippen molar-refractivity contribution in [3.8, 4) is 0 Å². The molecule has 0 saturated heterocycles. The molecular formula is I104. The molecule has 0 fully saturated rings. The van der Waals surface area contributed by atoms with E-state index in [2.05, 4.69) is 987 Å². The topological polar surface area (TPSA) is 0 Å². The summed E-state index contributed by atoms with van der Waals surface area (Å²) in [6, 6.07) is 0. The van der Waals surface area contributed by atoms with Crippen molar-refractivity contribution in [1.82, 2.24) is 0 Å². The molecule has 0 unspecified atom stereocenters. The molecule has 0 aliphatic rings. The Morgan fingerprint density at radius 3 is 0.106 bits per heavy atom. The predicted molar refractivity (Wildman–Crippen MR) is 1460 cm³/mol. The average Bonchev–Trinajstić information content (AvgIpc) is 0.732. The van der Waals surface area contributed by atoms with Gasteiger partial charge in [-0.3, -0.25) is 0 Å². The maximum absolute atomic E-state index is 3.49. The van der Waals surface area contributed by atoms with E-state index in [1.807, 2.05) is 0 Å².